The van der Waals surface area contributed by atoms with E-state index in [0.29, 0.717) is 11.5 Å². The van der Waals surface area contributed by atoms with Gasteiger partial charge in [-0.2, -0.15) is 0 Å². The van der Waals surface area contributed by atoms with Gasteiger partial charge < -0.3 is 5.73 Å². The third kappa shape index (κ3) is 0.752. The van der Waals surface area contributed by atoms with Crippen molar-refractivity contribution in [1.29, 1.82) is 0 Å². The number of rotatable bonds is 1. The molecule has 4 atom stereocenters. The summed E-state index contributed by atoms with van der Waals surface area (Å²) >= 11 is 0. The maximum absolute atomic E-state index is 6.15. The maximum Gasteiger partial charge on any atom is 0.0127 e. The van der Waals surface area contributed by atoms with E-state index in [2.05, 4.69) is 13.8 Å². The molecule has 0 aromatic heterocycles. The van der Waals surface area contributed by atoms with Gasteiger partial charge in [0.2, 0.25) is 0 Å². The summed E-state index contributed by atoms with van der Waals surface area (Å²) in [4.78, 5) is 0. The van der Waals surface area contributed by atoms with Crippen LogP contribution in [-0.2, 0) is 0 Å². The van der Waals surface area contributed by atoms with E-state index in [4.69, 9.17) is 5.73 Å². The Morgan fingerprint density at radius 2 is 2.18 bits per heavy atom. The fourth-order valence-corrected chi connectivity index (χ4v) is 3.35. The van der Waals surface area contributed by atoms with Crippen molar-refractivity contribution in [2.24, 2.45) is 23.0 Å². The number of fused-ring (bicyclic) bond motifs is 1. The van der Waals surface area contributed by atoms with Crippen molar-refractivity contribution in [1.82, 2.24) is 0 Å². The molecule has 0 bridgehead atoms. The second kappa shape index (κ2) is 2.22. The van der Waals surface area contributed by atoms with Gasteiger partial charge in [0.05, 0.1) is 0 Å². The Hall–Kier alpha value is -0.0400. The summed E-state index contributed by atoms with van der Waals surface area (Å²) in [6.45, 7) is 4.67. The first-order valence-corrected chi connectivity index (χ1v) is 4.95. The average Bonchev–Trinajstić information content (AvgIpc) is 2.48. The van der Waals surface area contributed by atoms with Crippen molar-refractivity contribution >= 4 is 0 Å². The van der Waals surface area contributed by atoms with Gasteiger partial charge in [0.15, 0.2) is 0 Å². The van der Waals surface area contributed by atoms with Crippen LogP contribution in [0.4, 0.5) is 0 Å². The zero-order valence-electron chi connectivity index (χ0n) is 7.64. The van der Waals surface area contributed by atoms with Crippen LogP contribution < -0.4 is 5.73 Å². The van der Waals surface area contributed by atoms with Crippen molar-refractivity contribution in [3.8, 4) is 0 Å². The zero-order valence-corrected chi connectivity index (χ0v) is 7.64. The van der Waals surface area contributed by atoms with Crippen molar-refractivity contribution in [2.45, 2.75) is 45.6 Å². The van der Waals surface area contributed by atoms with Gasteiger partial charge in [-0.3, -0.25) is 0 Å². The van der Waals surface area contributed by atoms with Crippen LogP contribution in [-0.4, -0.2) is 6.04 Å². The summed E-state index contributed by atoms with van der Waals surface area (Å²) in [7, 11) is 0. The molecule has 2 rings (SSSR count). The van der Waals surface area contributed by atoms with Gasteiger partial charge in [0, 0.05) is 6.04 Å². The molecule has 2 fully saturated rings. The minimum Gasteiger partial charge on any atom is -0.327 e. The lowest BCUT2D eigenvalue weighted by molar-refractivity contribution is -0.0385. The van der Waals surface area contributed by atoms with Crippen LogP contribution >= 0.6 is 0 Å². The molecular weight excluding hydrogens is 134 g/mol. The Morgan fingerprint density at radius 1 is 1.45 bits per heavy atom. The molecule has 2 N–H and O–H groups in total. The molecule has 2 aliphatic rings. The van der Waals surface area contributed by atoms with Gasteiger partial charge in [-0.25, -0.2) is 0 Å². The molecule has 0 aliphatic heterocycles. The molecule has 0 aromatic carbocycles. The molecule has 64 valence electrons. The first kappa shape index (κ1) is 7.60. The van der Waals surface area contributed by atoms with Crippen molar-refractivity contribution in [3.05, 3.63) is 0 Å². The largest absolute Gasteiger partial charge is 0.327 e. The second-order valence-corrected chi connectivity index (χ2v) is 4.59. The smallest absolute Gasteiger partial charge is 0.0127 e. The quantitative estimate of drug-likeness (QED) is 0.614. The molecule has 0 radical (unpaired) electrons. The monoisotopic (exact) mass is 153 g/mol. The lowest BCUT2D eigenvalue weighted by Gasteiger charge is -2.56. The van der Waals surface area contributed by atoms with Crippen LogP contribution in [0.2, 0.25) is 0 Å². The maximum atomic E-state index is 6.15. The minimum atomic E-state index is 0.501. The first-order chi connectivity index (χ1) is 5.20. The molecule has 2 aliphatic carbocycles. The van der Waals surface area contributed by atoms with E-state index < -0.39 is 0 Å². The van der Waals surface area contributed by atoms with Gasteiger partial charge >= 0.3 is 0 Å². The average molecular weight is 153 g/mol. The van der Waals surface area contributed by atoms with Gasteiger partial charge in [0.1, 0.15) is 0 Å². The molecular formula is C10H19N. The van der Waals surface area contributed by atoms with Crippen LogP contribution in [0.1, 0.15) is 39.5 Å². The van der Waals surface area contributed by atoms with E-state index in [1.807, 2.05) is 0 Å². The van der Waals surface area contributed by atoms with E-state index in [-0.39, 0.29) is 0 Å². The third-order valence-electron chi connectivity index (χ3n) is 4.40. The highest BCUT2D eigenvalue weighted by molar-refractivity contribution is 5.09. The number of nitrogens with two attached hydrogens (primary N) is 1. The van der Waals surface area contributed by atoms with Crippen LogP contribution in [0, 0.1) is 17.3 Å². The third-order valence-corrected chi connectivity index (χ3v) is 4.40. The molecule has 2 saturated carbocycles. The summed E-state index contributed by atoms with van der Waals surface area (Å²) in [6, 6.07) is 0.514. The highest BCUT2D eigenvalue weighted by atomic mass is 14.8. The fraction of sp³-hybridized carbons (Fsp3) is 1.00. The SMILES string of the molecule is CCC1(C)C(N)C2CCCC21. The van der Waals surface area contributed by atoms with E-state index in [0.717, 1.165) is 11.8 Å². The highest BCUT2D eigenvalue weighted by Gasteiger charge is 2.57. The molecule has 0 aromatic rings. The Balaban J connectivity index is 2.14. The topological polar surface area (TPSA) is 26.0 Å². The summed E-state index contributed by atoms with van der Waals surface area (Å²) < 4.78 is 0. The normalized spacial score (nSPS) is 55.4. The van der Waals surface area contributed by atoms with Gasteiger partial charge in [0.25, 0.3) is 0 Å². The summed E-state index contributed by atoms with van der Waals surface area (Å²) in [5.41, 5.74) is 6.65. The lowest BCUT2D eigenvalue weighted by atomic mass is 9.51. The predicted molar refractivity (Wildman–Crippen MR) is 47.2 cm³/mol. The Kier molecular flexibility index (Phi) is 1.54. The van der Waals surface area contributed by atoms with Gasteiger partial charge in [-0.1, -0.05) is 20.3 Å². The molecule has 0 heterocycles. The fourth-order valence-electron chi connectivity index (χ4n) is 3.35. The molecule has 0 amide bonds. The zero-order chi connectivity index (χ0) is 8.06. The van der Waals surface area contributed by atoms with E-state index in [9.17, 15) is 0 Å². The number of hydrogen-bond acceptors (Lipinski definition) is 1. The molecule has 1 nitrogen and oxygen atoms in total. The van der Waals surface area contributed by atoms with Gasteiger partial charge in [-0.15, -0.1) is 0 Å². The second-order valence-electron chi connectivity index (χ2n) is 4.59. The Morgan fingerprint density at radius 3 is 2.82 bits per heavy atom. The molecule has 11 heavy (non-hydrogen) atoms. The number of hydrogen-bond donors (Lipinski definition) is 1. The summed E-state index contributed by atoms with van der Waals surface area (Å²) in [5.74, 6) is 1.86. The Labute approximate surface area is 69.4 Å². The Bertz CT molecular complexity index is 166. The first-order valence-electron chi connectivity index (χ1n) is 4.95. The molecule has 0 saturated heterocycles. The van der Waals surface area contributed by atoms with Crippen molar-refractivity contribution in [3.63, 3.8) is 0 Å². The van der Waals surface area contributed by atoms with E-state index in [1.165, 1.54) is 25.7 Å². The highest BCUT2D eigenvalue weighted by Crippen LogP contribution is 2.59. The van der Waals surface area contributed by atoms with Crippen LogP contribution in [0.5, 0.6) is 0 Å². The van der Waals surface area contributed by atoms with E-state index in [1.54, 1.807) is 0 Å². The van der Waals surface area contributed by atoms with Crippen molar-refractivity contribution < 1.29 is 0 Å². The van der Waals surface area contributed by atoms with Crippen LogP contribution in [0.25, 0.3) is 0 Å². The van der Waals surface area contributed by atoms with Crippen LogP contribution in [0.15, 0.2) is 0 Å². The van der Waals surface area contributed by atoms with Crippen molar-refractivity contribution in [2.75, 3.05) is 0 Å². The minimum absolute atomic E-state index is 0.501. The standard InChI is InChI=1S/C10H19N/c1-3-10(2)8-6-4-5-7(8)9(10)11/h7-9H,3-6,11H2,1-2H3. The van der Waals surface area contributed by atoms with Crippen LogP contribution in [0.3, 0.4) is 0 Å². The summed E-state index contributed by atoms with van der Waals surface area (Å²) in [5, 5.41) is 0. The predicted octanol–water partition coefficient (Wildman–Crippen LogP) is 2.16. The molecule has 4 unspecified atom stereocenters. The summed E-state index contributed by atoms with van der Waals surface area (Å²) in [6.07, 6.45) is 5.55. The van der Waals surface area contributed by atoms with Gasteiger partial charge in [-0.05, 0) is 36.5 Å². The van der Waals surface area contributed by atoms with E-state index >= 15 is 0 Å². The molecule has 0 spiro atoms. The molecule has 1 heteroatoms. The lowest BCUT2D eigenvalue weighted by Crippen LogP contribution is -2.61.